The standard InChI is InChI=1S/C19H18N2O2/c1-11-8-12(2)18(13(3)9-11)21-19(23)15-10-17(22)20-16-7-5-4-6-14(15)16/h4-10H,1-3H3,(H,20,22)(H,21,23). The van der Waals surface area contributed by atoms with E-state index in [0.717, 1.165) is 27.8 Å². The molecule has 1 heterocycles. The third kappa shape index (κ3) is 2.88. The van der Waals surface area contributed by atoms with Crippen LogP contribution in [0.1, 0.15) is 27.0 Å². The zero-order chi connectivity index (χ0) is 16.6. The number of aromatic amines is 1. The highest BCUT2D eigenvalue weighted by Crippen LogP contribution is 2.23. The van der Waals surface area contributed by atoms with Crippen molar-refractivity contribution in [1.29, 1.82) is 0 Å². The Morgan fingerprint density at radius 2 is 1.65 bits per heavy atom. The summed E-state index contributed by atoms with van der Waals surface area (Å²) in [6, 6.07) is 12.7. The zero-order valence-electron chi connectivity index (χ0n) is 13.4. The zero-order valence-corrected chi connectivity index (χ0v) is 13.4. The van der Waals surface area contributed by atoms with Crippen LogP contribution in [0.4, 0.5) is 5.69 Å². The number of aromatic nitrogens is 1. The largest absolute Gasteiger partial charge is 0.322 e. The van der Waals surface area contributed by atoms with Crippen LogP contribution in [0.25, 0.3) is 10.9 Å². The number of amides is 1. The van der Waals surface area contributed by atoms with E-state index in [-0.39, 0.29) is 11.5 Å². The Labute approximate surface area is 134 Å². The molecule has 0 aliphatic carbocycles. The van der Waals surface area contributed by atoms with Crippen LogP contribution in [0.15, 0.2) is 47.3 Å². The van der Waals surface area contributed by atoms with Crippen molar-refractivity contribution in [1.82, 2.24) is 4.98 Å². The Morgan fingerprint density at radius 3 is 2.35 bits per heavy atom. The van der Waals surface area contributed by atoms with Crippen LogP contribution >= 0.6 is 0 Å². The third-order valence-corrected chi connectivity index (χ3v) is 3.91. The van der Waals surface area contributed by atoms with Crippen molar-refractivity contribution in [2.45, 2.75) is 20.8 Å². The number of pyridine rings is 1. The molecule has 0 saturated carbocycles. The minimum absolute atomic E-state index is 0.276. The lowest BCUT2D eigenvalue weighted by atomic mass is 10.0. The van der Waals surface area contributed by atoms with Gasteiger partial charge in [0.2, 0.25) is 5.56 Å². The topological polar surface area (TPSA) is 62.0 Å². The van der Waals surface area contributed by atoms with E-state index in [1.165, 1.54) is 6.07 Å². The van der Waals surface area contributed by atoms with Crippen LogP contribution in [0.2, 0.25) is 0 Å². The number of hydrogen-bond donors (Lipinski definition) is 2. The lowest BCUT2D eigenvalue weighted by Gasteiger charge is -2.13. The fourth-order valence-electron chi connectivity index (χ4n) is 2.95. The van der Waals surface area contributed by atoms with E-state index in [4.69, 9.17) is 0 Å². The second kappa shape index (κ2) is 5.72. The van der Waals surface area contributed by atoms with Gasteiger partial charge in [0.1, 0.15) is 0 Å². The first kappa shape index (κ1) is 15.0. The number of benzene rings is 2. The van der Waals surface area contributed by atoms with Gasteiger partial charge in [-0.15, -0.1) is 0 Å². The van der Waals surface area contributed by atoms with Gasteiger partial charge in [0, 0.05) is 22.7 Å². The van der Waals surface area contributed by atoms with Crippen LogP contribution in [0, 0.1) is 20.8 Å². The monoisotopic (exact) mass is 306 g/mol. The fraction of sp³-hybridized carbons (Fsp3) is 0.158. The van der Waals surface area contributed by atoms with E-state index >= 15 is 0 Å². The summed E-state index contributed by atoms with van der Waals surface area (Å²) in [7, 11) is 0. The predicted molar refractivity (Wildman–Crippen MR) is 93.2 cm³/mol. The van der Waals surface area contributed by atoms with Gasteiger partial charge in [-0.1, -0.05) is 35.9 Å². The second-order valence-electron chi connectivity index (χ2n) is 5.82. The van der Waals surface area contributed by atoms with Gasteiger partial charge >= 0.3 is 0 Å². The second-order valence-corrected chi connectivity index (χ2v) is 5.82. The Kier molecular flexibility index (Phi) is 3.74. The number of aryl methyl sites for hydroxylation is 3. The number of carbonyl (C=O) groups excluding carboxylic acids is 1. The molecule has 23 heavy (non-hydrogen) atoms. The molecule has 0 bridgehead atoms. The van der Waals surface area contributed by atoms with E-state index in [1.807, 2.05) is 51.1 Å². The molecule has 4 nitrogen and oxygen atoms in total. The average Bonchev–Trinajstić information content (AvgIpc) is 2.49. The summed E-state index contributed by atoms with van der Waals surface area (Å²) in [5.74, 6) is -0.276. The van der Waals surface area contributed by atoms with Gasteiger partial charge in [-0.25, -0.2) is 0 Å². The molecule has 1 aromatic heterocycles. The Balaban J connectivity index is 2.07. The summed E-state index contributed by atoms with van der Waals surface area (Å²) >= 11 is 0. The summed E-state index contributed by atoms with van der Waals surface area (Å²) in [4.78, 5) is 27.3. The Hall–Kier alpha value is -2.88. The van der Waals surface area contributed by atoms with E-state index in [1.54, 1.807) is 6.07 Å². The molecule has 3 rings (SSSR count). The molecular formula is C19H18N2O2. The first-order valence-electron chi connectivity index (χ1n) is 7.47. The van der Waals surface area contributed by atoms with Crippen molar-refractivity contribution in [3.05, 3.63) is 75.1 Å². The lowest BCUT2D eigenvalue weighted by molar-refractivity contribution is 0.102. The number of carbonyl (C=O) groups is 1. The summed E-state index contributed by atoms with van der Waals surface area (Å²) in [5.41, 5.74) is 4.71. The highest BCUT2D eigenvalue weighted by molar-refractivity contribution is 6.12. The summed E-state index contributed by atoms with van der Waals surface area (Å²) < 4.78 is 0. The number of para-hydroxylation sites is 1. The number of rotatable bonds is 2. The normalized spacial score (nSPS) is 10.7. The highest BCUT2D eigenvalue weighted by atomic mass is 16.2. The molecule has 0 saturated heterocycles. The molecule has 4 heteroatoms. The van der Waals surface area contributed by atoms with Crippen LogP contribution in [0.3, 0.4) is 0 Å². The van der Waals surface area contributed by atoms with Crippen LogP contribution in [-0.2, 0) is 0 Å². The molecule has 2 aromatic carbocycles. The van der Waals surface area contributed by atoms with Gasteiger partial charge in [-0.2, -0.15) is 0 Å². The predicted octanol–water partition coefficient (Wildman–Crippen LogP) is 3.71. The first-order valence-corrected chi connectivity index (χ1v) is 7.47. The number of fused-ring (bicyclic) bond motifs is 1. The molecule has 1 amide bonds. The molecule has 0 atom stereocenters. The fourth-order valence-corrected chi connectivity index (χ4v) is 2.95. The molecule has 0 unspecified atom stereocenters. The lowest BCUT2D eigenvalue weighted by Crippen LogP contribution is -2.18. The Morgan fingerprint density at radius 1 is 1.00 bits per heavy atom. The number of nitrogens with one attached hydrogen (secondary N) is 2. The quantitative estimate of drug-likeness (QED) is 0.758. The number of H-pyrrole nitrogens is 1. The molecule has 116 valence electrons. The molecule has 3 aromatic rings. The number of hydrogen-bond acceptors (Lipinski definition) is 2. The van der Waals surface area contributed by atoms with Crippen molar-refractivity contribution in [2.24, 2.45) is 0 Å². The number of anilines is 1. The highest BCUT2D eigenvalue weighted by Gasteiger charge is 2.14. The maximum atomic E-state index is 12.7. The van der Waals surface area contributed by atoms with Crippen molar-refractivity contribution < 1.29 is 4.79 Å². The van der Waals surface area contributed by atoms with Gasteiger partial charge in [0.25, 0.3) is 5.91 Å². The van der Waals surface area contributed by atoms with Crippen LogP contribution in [0.5, 0.6) is 0 Å². The van der Waals surface area contributed by atoms with Crippen molar-refractivity contribution in [3.63, 3.8) is 0 Å². The van der Waals surface area contributed by atoms with Crippen molar-refractivity contribution >= 4 is 22.5 Å². The average molecular weight is 306 g/mol. The van der Waals surface area contributed by atoms with Crippen molar-refractivity contribution in [2.75, 3.05) is 5.32 Å². The molecule has 0 fully saturated rings. The molecule has 2 N–H and O–H groups in total. The smallest absolute Gasteiger partial charge is 0.256 e. The van der Waals surface area contributed by atoms with E-state index in [2.05, 4.69) is 10.3 Å². The van der Waals surface area contributed by atoms with E-state index < -0.39 is 0 Å². The van der Waals surface area contributed by atoms with Gasteiger partial charge in [-0.3, -0.25) is 9.59 Å². The van der Waals surface area contributed by atoms with Gasteiger partial charge < -0.3 is 10.3 Å². The summed E-state index contributed by atoms with van der Waals surface area (Å²) in [6.45, 7) is 5.95. The van der Waals surface area contributed by atoms with Gasteiger partial charge in [0.15, 0.2) is 0 Å². The first-order chi connectivity index (χ1) is 11.0. The van der Waals surface area contributed by atoms with Gasteiger partial charge in [-0.05, 0) is 38.0 Å². The molecular weight excluding hydrogens is 288 g/mol. The van der Waals surface area contributed by atoms with Crippen LogP contribution < -0.4 is 10.9 Å². The Bertz CT molecular complexity index is 948. The molecule has 0 aliphatic heterocycles. The van der Waals surface area contributed by atoms with Gasteiger partial charge in [0.05, 0.1) is 5.56 Å². The summed E-state index contributed by atoms with van der Waals surface area (Å²) in [5, 5.41) is 3.68. The van der Waals surface area contributed by atoms with Crippen molar-refractivity contribution in [3.8, 4) is 0 Å². The maximum Gasteiger partial charge on any atom is 0.256 e. The van der Waals surface area contributed by atoms with E-state index in [9.17, 15) is 9.59 Å². The molecule has 0 radical (unpaired) electrons. The summed E-state index contributed by atoms with van der Waals surface area (Å²) in [6.07, 6.45) is 0. The van der Waals surface area contributed by atoms with Crippen LogP contribution in [-0.4, -0.2) is 10.9 Å². The maximum absolute atomic E-state index is 12.7. The third-order valence-electron chi connectivity index (χ3n) is 3.91. The SMILES string of the molecule is Cc1cc(C)c(NC(=O)c2cc(=O)[nH]c3ccccc23)c(C)c1. The molecule has 0 aliphatic rings. The minimum Gasteiger partial charge on any atom is -0.322 e. The molecule has 0 spiro atoms. The minimum atomic E-state index is -0.286. The van der Waals surface area contributed by atoms with E-state index in [0.29, 0.717) is 11.1 Å².